The van der Waals surface area contributed by atoms with E-state index in [-0.39, 0.29) is 0 Å². The van der Waals surface area contributed by atoms with Gasteiger partial charge in [-0.05, 0) is 61.8 Å². The van der Waals surface area contributed by atoms with Crippen LogP contribution in [0.15, 0.2) is 54.6 Å². The lowest BCUT2D eigenvalue weighted by Crippen LogP contribution is -2.36. The second kappa shape index (κ2) is 11.7. The van der Waals surface area contributed by atoms with Crippen molar-refractivity contribution in [3.63, 3.8) is 0 Å². The van der Waals surface area contributed by atoms with Crippen LogP contribution in [0.3, 0.4) is 0 Å². The second-order valence-corrected chi connectivity index (χ2v) is 7.85. The number of hydrogen-bond acceptors (Lipinski definition) is 2. The van der Waals surface area contributed by atoms with E-state index in [4.69, 9.17) is 5.26 Å². The molecule has 2 aromatic carbocycles. The van der Waals surface area contributed by atoms with Gasteiger partial charge in [-0.1, -0.05) is 68.4 Å². The number of likely N-dealkylation sites (N-methyl/N-ethyl adjacent to an activating group) is 1. The van der Waals surface area contributed by atoms with Crippen molar-refractivity contribution >= 4 is 0 Å². The standard InChI is InChI=1S/C24H32FN.C2H3N/c1-3-23(26(4-2)19-16-20-8-6-5-7-9-20)15-12-21-10-13-22(14-11-21)24(25)17-18-24;1-2-3/h5-11,13-14,23H,3-4,12,15-19H2,1-2H3;1H3. The van der Waals surface area contributed by atoms with Gasteiger partial charge in [-0.25, -0.2) is 4.39 Å². The number of alkyl halides is 1. The lowest BCUT2D eigenvalue weighted by molar-refractivity contribution is 0.193. The molecule has 0 spiro atoms. The van der Waals surface area contributed by atoms with E-state index in [9.17, 15) is 4.39 Å². The van der Waals surface area contributed by atoms with E-state index in [2.05, 4.69) is 61.2 Å². The molecular formula is C26H35FN2. The highest BCUT2D eigenvalue weighted by Gasteiger charge is 2.44. The molecule has 29 heavy (non-hydrogen) atoms. The molecule has 1 fully saturated rings. The first-order valence-electron chi connectivity index (χ1n) is 10.9. The van der Waals surface area contributed by atoms with Crippen molar-refractivity contribution in [2.75, 3.05) is 13.1 Å². The smallest absolute Gasteiger partial charge is 0.136 e. The van der Waals surface area contributed by atoms with Gasteiger partial charge in [0.25, 0.3) is 0 Å². The van der Waals surface area contributed by atoms with Crippen molar-refractivity contribution < 1.29 is 4.39 Å². The zero-order chi connectivity index (χ0) is 21.1. The average Bonchev–Trinajstić information content (AvgIpc) is 3.50. The Morgan fingerprint density at radius 2 is 1.59 bits per heavy atom. The maximum Gasteiger partial charge on any atom is 0.136 e. The predicted octanol–water partition coefficient (Wildman–Crippen LogP) is 6.45. The molecule has 0 bridgehead atoms. The molecule has 1 atom stereocenters. The number of aryl methyl sites for hydroxylation is 1. The Morgan fingerprint density at radius 3 is 2.10 bits per heavy atom. The van der Waals surface area contributed by atoms with Gasteiger partial charge in [0.2, 0.25) is 0 Å². The number of halogens is 1. The van der Waals surface area contributed by atoms with Crippen LogP contribution in [-0.4, -0.2) is 24.0 Å². The maximum absolute atomic E-state index is 14.1. The third-order valence-corrected chi connectivity index (χ3v) is 5.85. The molecular weight excluding hydrogens is 359 g/mol. The average molecular weight is 395 g/mol. The molecule has 156 valence electrons. The molecule has 1 aliphatic rings. The van der Waals surface area contributed by atoms with Crippen LogP contribution in [0.4, 0.5) is 4.39 Å². The SMILES string of the molecule is CC#N.CCC(CCc1ccc(C2(F)CC2)cc1)N(CC)CCc1ccccc1. The Kier molecular flexibility index (Phi) is 9.35. The minimum atomic E-state index is -1.01. The highest BCUT2D eigenvalue weighted by Crippen LogP contribution is 2.49. The van der Waals surface area contributed by atoms with Gasteiger partial charge in [-0.15, -0.1) is 0 Å². The fourth-order valence-electron chi connectivity index (χ4n) is 3.86. The number of hydrogen-bond donors (Lipinski definition) is 0. The third kappa shape index (κ3) is 7.29. The van der Waals surface area contributed by atoms with Crippen molar-refractivity contribution in [3.8, 4) is 6.07 Å². The van der Waals surface area contributed by atoms with Crippen molar-refractivity contribution in [2.24, 2.45) is 0 Å². The zero-order valence-electron chi connectivity index (χ0n) is 18.2. The van der Waals surface area contributed by atoms with Crippen LogP contribution in [0.25, 0.3) is 0 Å². The normalized spacial score (nSPS) is 15.2. The third-order valence-electron chi connectivity index (χ3n) is 5.85. The number of benzene rings is 2. The summed E-state index contributed by atoms with van der Waals surface area (Å²) in [5.74, 6) is 0. The molecule has 2 aromatic rings. The Morgan fingerprint density at radius 1 is 1.00 bits per heavy atom. The Balaban J connectivity index is 0.000000941. The number of rotatable bonds is 10. The monoisotopic (exact) mass is 394 g/mol. The van der Waals surface area contributed by atoms with Gasteiger partial charge in [-0.3, -0.25) is 0 Å². The van der Waals surface area contributed by atoms with Gasteiger partial charge in [-0.2, -0.15) is 5.26 Å². The minimum absolute atomic E-state index is 0.610. The van der Waals surface area contributed by atoms with E-state index in [0.717, 1.165) is 31.5 Å². The second-order valence-electron chi connectivity index (χ2n) is 7.85. The molecule has 1 saturated carbocycles. The van der Waals surface area contributed by atoms with Crippen molar-refractivity contribution in [2.45, 2.75) is 71.0 Å². The summed E-state index contributed by atoms with van der Waals surface area (Å²) in [5.41, 5.74) is 2.60. The van der Waals surface area contributed by atoms with E-state index in [1.807, 2.05) is 12.1 Å². The molecule has 0 radical (unpaired) electrons. The van der Waals surface area contributed by atoms with Gasteiger partial charge in [0.15, 0.2) is 0 Å². The Bertz CT molecular complexity index is 745. The summed E-state index contributed by atoms with van der Waals surface area (Å²) in [5, 5.41) is 7.32. The summed E-state index contributed by atoms with van der Waals surface area (Å²) in [6.45, 7) is 8.19. The largest absolute Gasteiger partial charge is 0.300 e. The first-order valence-corrected chi connectivity index (χ1v) is 10.9. The summed E-state index contributed by atoms with van der Waals surface area (Å²) >= 11 is 0. The number of nitrogens with zero attached hydrogens (tertiary/aromatic N) is 2. The van der Waals surface area contributed by atoms with Gasteiger partial charge in [0, 0.05) is 19.5 Å². The quantitative estimate of drug-likeness (QED) is 0.463. The van der Waals surface area contributed by atoms with Crippen LogP contribution >= 0.6 is 0 Å². The summed E-state index contributed by atoms with van der Waals surface area (Å²) < 4.78 is 14.1. The molecule has 2 nitrogen and oxygen atoms in total. The summed E-state index contributed by atoms with van der Waals surface area (Å²) in [4.78, 5) is 2.61. The molecule has 3 heteroatoms. The molecule has 0 amide bonds. The van der Waals surface area contributed by atoms with Crippen molar-refractivity contribution in [1.82, 2.24) is 4.90 Å². The van der Waals surface area contributed by atoms with Crippen LogP contribution in [0, 0.1) is 11.3 Å². The molecule has 0 aromatic heterocycles. The lowest BCUT2D eigenvalue weighted by Gasteiger charge is -2.30. The van der Waals surface area contributed by atoms with Crippen LogP contribution in [-0.2, 0) is 18.5 Å². The molecule has 1 aliphatic carbocycles. The van der Waals surface area contributed by atoms with Gasteiger partial charge in [0.1, 0.15) is 5.67 Å². The molecule has 0 heterocycles. The molecule has 3 rings (SSSR count). The van der Waals surface area contributed by atoms with E-state index in [0.29, 0.717) is 18.9 Å². The summed E-state index contributed by atoms with van der Waals surface area (Å²) in [6, 6.07) is 21.4. The highest BCUT2D eigenvalue weighted by molar-refractivity contribution is 5.31. The van der Waals surface area contributed by atoms with E-state index < -0.39 is 5.67 Å². The molecule has 0 saturated heterocycles. The fraction of sp³-hybridized carbons (Fsp3) is 0.500. The van der Waals surface area contributed by atoms with Gasteiger partial charge < -0.3 is 4.90 Å². The Hall–Kier alpha value is -2.18. The van der Waals surface area contributed by atoms with E-state index in [1.54, 1.807) is 6.07 Å². The molecule has 0 aliphatic heterocycles. The van der Waals surface area contributed by atoms with Crippen LogP contribution < -0.4 is 0 Å². The maximum atomic E-state index is 14.1. The number of nitriles is 1. The predicted molar refractivity (Wildman–Crippen MR) is 120 cm³/mol. The van der Waals surface area contributed by atoms with Crippen LogP contribution in [0.1, 0.15) is 63.1 Å². The Labute approximate surface area is 176 Å². The van der Waals surface area contributed by atoms with E-state index >= 15 is 0 Å². The summed E-state index contributed by atoms with van der Waals surface area (Å²) in [6.07, 6.45) is 5.90. The summed E-state index contributed by atoms with van der Waals surface area (Å²) in [7, 11) is 0. The fourth-order valence-corrected chi connectivity index (χ4v) is 3.86. The highest BCUT2D eigenvalue weighted by atomic mass is 19.1. The van der Waals surface area contributed by atoms with Crippen molar-refractivity contribution in [1.29, 1.82) is 5.26 Å². The van der Waals surface area contributed by atoms with E-state index in [1.165, 1.54) is 30.9 Å². The van der Waals surface area contributed by atoms with Gasteiger partial charge in [0.05, 0.1) is 6.07 Å². The van der Waals surface area contributed by atoms with Crippen molar-refractivity contribution in [3.05, 3.63) is 71.3 Å². The molecule has 1 unspecified atom stereocenters. The van der Waals surface area contributed by atoms with Gasteiger partial charge >= 0.3 is 0 Å². The van der Waals surface area contributed by atoms with Crippen LogP contribution in [0.5, 0.6) is 0 Å². The van der Waals surface area contributed by atoms with Crippen LogP contribution in [0.2, 0.25) is 0 Å². The molecule has 0 N–H and O–H groups in total. The first kappa shape index (κ1) is 23.1. The lowest BCUT2D eigenvalue weighted by atomic mass is 9.99. The first-order chi connectivity index (χ1) is 14.1. The zero-order valence-corrected chi connectivity index (χ0v) is 18.2. The minimum Gasteiger partial charge on any atom is -0.300 e. The topological polar surface area (TPSA) is 27.0 Å².